The van der Waals surface area contributed by atoms with Crippen LogP contribution < -0.4 is 16.4 Å². The van der Waals surface area contributed by atoms with Crippen LogP contribution >= 0.6 is 11.6 Å². The summed E-state index contributed by atoms with van der Waals surface area (Å²) in [4.78, 5) is 11.0. The van der Waals surface area contributed by atoms with E-state index in [1.807, 2.05) is 5.43 Å². The van der Waals surface area contributed by atoms with E-state index in [4.69, 9.17) is 22.6 Å². The number of benzene rings is 1. The molecule has 1 rings (SSSR count). The number of halogens is 1. The molecule has 0 saturated heterocycles. The van der Waals surface area contributed by atoms with Gasteiger partial charge in [0.25, 0.3) is 5.91 Å². The second kappa shape index (κ2) is 4.15. The van der Waals surface area contributed by atoms with Gasteiger partial charge in [0.2, 0.25) is 10.0 Å². The molecule has 8 heteroatoms. The fourth-order valence-corrected chi connectivity index (χ4v) is 1.68. The quantitative estimate of drug-likeness (QED) is 0.375. The Morgan fingerprint density at radius 3 is 2.47 bits per heavy atom. The summed E-state index contributed by atoms with van der Waals surface area (Å²) in [5, 5.41) is 4.97. The van der Waals surface area contributed by atoms with Crippen LogP contribution in [0, 0.1) is 0 Å². The third-order valence-electron chi connectivity index (χ3n) is 1.64. The Morgan fingerprint density at radius 2 is 2.00 bits per heavy atom. The van der Waals surface area contributed by atoms with E-state index in [1.54, 1.807) is 0 Å². The van der Waals surface area contributed by atoms with E-state index in [2.05, 4.69) is 0 Å². The van der Waals surface area contributed by atoms with Crippen LogP contribution in [0.4, 0.5) is 0 Å². The van der Waals surface area contributed by atoms with E-state index in [1.165, 1.54) is 12.1 Å². The van der Waals surface area contributed by atoms with Crippen molar-refractivity contribution >= 4 is 27.5 Å². The number of carbonyl (C=O) groups is 1. The van der Waals surface area contributed by atoms with Crippen molar-refractivity contribution in [2.24, 2.45) is 11.0 Å². The van der Waals surface area contributed by atoms with Crippen LogP contribution in [0.25, 0.3) is 0 Å². The summed E-state index contributed by atoms with van der Waals surface area (Å²) in [6.07, 6.45) is 0. The van der Waals surface area contributed by atoms with E-state index >= 15 is 0 Å². The Hall–Kier alpha value is -1.15. The SMILES string of the molecule is NNC(=O)c1cc(S(N)(=O)=O)ccc1Cl. The van der Waals surface area contributed by atoms with Crippen LogP contribution in [-0.4, -0.2) is 14.3 Å². The molecule has 1 aromatic carbocycles. The van der Waals surface area contributed by atoms with Gasteiger partial charge in [-0.05, 0) is 18.2 Å². The predicted octanol–water partition coefficient (Wildman–Crippen LogP) is -0.409. The average molecular weight is 250 g/mol. The second-order valence-electron chi connectivity index (χ2n) is 2.66. The van der Waals surface area contributed by atoms with Gasteiger partial charge in [0, 0.05) is 0 Å². The molecule has 1 amide bonds. The number of amides is 1. The minimum Gasteiger partial charge on any atom is -0.290 e. The molecule has 0 spiro atoms. The number of hydrazine groups is 1. The molecule has 0 fully saturated rings. The van der Waals surface area contributed by atoms with Crippen molar-refractivity contribution in [2.75, 3.05) is 0 Å². The first kappa shape index (κ1) is 11.9. The third-order valence-corrected chi connectivity index (χ3v) is 2.88. The maximum absolute atomic E-state index is 11.2. The van der Waals surface area contributed by atoms with Crippen molar-refractivity contribution in [2.45, 2.75) is 4.90 Å². The van der Waals surface area contributed by atoms with Gasteiger partial charge in [-0.15, -0.1) is 0 Å². The number of hydrogen-bond acceptors (Lipinski definition) is 4. The molecule has 0 saturated carbocycles. The van der Waals surface area contributed by atoms with Crippen LogP contribution in [0.2, 0.25) is 5.02 Å². The maximum Gasteiger partial charge on any atom is 0.266 e. The van der Waals surface area contributed by atoms with Crippen molar-refractivity contribution in [3.63, 3.8) is 0 Å². The zero-order valence-corrected chi connectivity index (χ0v) is 8.97. The average Bonchev–Trinajstić information content (AvgIpc) is 2.15. The van der Waals surface area contributed by atoms with Gasteiger partial charge < -0.3 is 0 Å². The highest BCUT2D eigenvalue weighted by atomic mass is 35.5. The largest absolute Gasteiger partial charge is 0.290 e. The van der Waals surface area contributed by atoms with Crippen molar-refractivity contribution in [1.29, 1.82) is 0 Å². The first-order valence-corrected chi connectivity index (χ1v) is 5.62. The van der Waals surface area contributed by atoms with Crippen LogP contribution in [0.1, 0.15) is 10.4 Å². The van der Waals surface area contributed by atoms with Crippen molar-refractivity contribution in [1.82, 2.24) is 5.43 Å². The Bertz CT molecular complexity index is 500. The Balaban J connectivity index is 3.36. The zero-order valence-electron chi connectivity index (χ0n) is 7.40. The number of nitrogens with two attached hydrogens (primary N) is 2. The summed E-state index contributed by atoms with van der Waals surface area (Å²) in [6.45, 7) is 0. The lowest BCUT2D eigenvalue weighted by Crippen LogP contribution is -2.30. The summed E-state index contributed by atoms with van der Waals surface area (Å²) in [5.74, 6) is 4.20. The Kier molecular flexibility index (Phi) is 3.30. The second-order valence-corrected chi connectivity index (χ2v) is 4.63. The van der Waals surface area contributed by atoms with Gasteiger partial charge >= 0.3 is 0 Å². The Morgan fingerprint density at radius 1 is 1.40 bits per heavy atom. The smallest absolute Gasteiger partial charge is 0.266 e. The number of carbonyl (C=O) groups excluding carboxylic acids is 1. The molecule has 0 aliphatic carbocycles. The monoisotopic (exact) mass is 249 g/mol. The van der Waals surface area contributed by atoms with E-state index in [0.717, 1.165) is 6.07 Å². The number of primary sulfonamides is 1. The molecule has 0 bridgehead atoms. The van der Waals surface area contributed by atoms with Crippen LogP contribution in [-0.2, 0) is 10.0 Å². The molecule has 82 valence electrons. The van der Waals surface area contributed by atoms with E-state index < -0.39 is 15.9 Å². The highest BCUT2D eigenvalue weighted by molar-refractivity contribution is 7.89. The highest BCUT2D eigenvalue weighted by Gasteiger charge is 2.14. The lowest BCUT2D eigenvalue weighted by molar-refractivity contribution is 0.0953. The molecule has 1 aromatic rings. The molecule has 0 unspecified atom stereocenters. The predicted molar refractivity (Wildman–Crippen MR) is 54.5 cm³/mol. The summed E-state index contributed by atoms with van der Waals surface area (Å²) in [5.41, 5.74) is 1.79. The molecular formula is C7H8ClN3O3S. The van der Waals surface area contributed by atoms with Gasteiger partial charge in [0.1, 0.15) is 0 Å². The van der Waals surface area contributed by atoms with Crippen molar-refractivity contribution < 1.29 is 13.2 Å². The van der Waals surface area contributed by atoms with Crippen molar-refractivity contribution in [3.8, 4) is 0 Å². The van der Waals surface area contributed by atoms with E-state index in [-0.39, 0.29) is 15.5 Å². The molecule has 0 radical (unpaired) electrons. The summed E-state index contributed by atoms with van der Waals surface area (Å²) in [6, 6.07) is 3.51. The normalized spacial score (nSPS) is 11.1. The number of nitrogens with one attached hydrogen (secondary N) is 1. The summed E-state index contributed by atoms with van der Waals surface area (Å²) < 4.78 is 22.0. The van der Waals surface area contributed by atoms with Gasteiger partial charge in [0.05, 0.1) is 15.5 Å². The topological polar surface area (TPSA) is 115 Å². The number of nitrogen functional groups attached to an aromatic ring is 1. The summed E-state index contributed by atoms with van der Waals surface area (Å²) in [7, 11) is -3.86. The fraction of sp³-hybridized carbons (Fsp3) is 0. The van der Waals surface area contributed by atoms with Crippen LogP contribution in [0.5, 0.6) is 0 Å². The van der Waals surface area contributed by atoms with Gasteiger partial charge in [0.15, 0.2) is 0 Å². The first-order valence-electron chi connectivity index (χ1n) is 3.69. The van der Waals surface area contributed by atoms with Crippen LogP contribution in [0.3, 0.4) is 0 Å². The first-order chi connectivity index (χ1) is 6.86. The minimum absolute atomic E-state index is 0.0503. The molecule has 0 aliphatic rings. The molecule has 0 heterocycles. The Labute approximate surface area is 91.2 Å². The fourth-order valence-electron chi connectivity index (χ4n) is 0.933. The van der Waals surface area contributed by atoms with Gasteiger partial charge in [-0.3, -0.25) is 10.2 Å². The van der Waals surface area contributed by atoms with Crippen LogP contribution in [0.15, 0.2) is 23.1 Å². The molecule has 6 nitrogen and oxygen atoms in total. The maximum atomic E-state index is 11.2. The van der Waals surface area contributed by atoms with Gasteiger partial charge in [-0.1, -0.05) is 11.6 Å². The third kappa shape index (κ3) is 2.66. The molecular weight excluding hydrogens is 242 g/mol. The van der Waals surface area contributed by atoms with E-state index in [9.17, 15) is 13.2 Å². The van der Waals surface area contributed by atoms with Gasteiger partial charge in [-0.2, -0.15) is 0 Å². The van der Waals surface area contributed by atoms with Crippen molar-refractivity contribution in [3.05, 3.63) is 28.8 Å². The highest BCUT2D eigenvalue weighted by Crippen LogP contribution is 2.19. The molecule has 15 heavy (non-hydrogen) atoms. The molecule has 5 N–H and O–H groups in total. The van der Waals surface area contributed by atoms with Gasteiger partial charge in [-0.25, -0.2) is 19.4 Å². The number of sulfonamides is 1. The molecule has 0 aromatic heterocycles. The lowest BCUT2D eigenvalue weighted by atomic mass is 10.2. The molecule has 0 aliphatic heterocycles. The standard InChI is InChI=1S/C7H8ClN3O3S/c8-6-2-1-4(15(10,13)14)3-5(6)7(12)11-9/h1-3H,9H2,(H,11,12)(H2,10,13,14). The molecule has 0 atom stereocenters. The number of hydrogen-bond donors (Lipinski definition) is 3. The number of rotatable bonds is 2. The van der Waals surface area contributed by atoms with E-state index in [0.29, 0.717) is 0 Å². The zero-order chi connectivity index (χ0) is 11.6. The minimum atomic E-state index is -3.86. The summed E-state index contributed by atoms with van der Waals surface area (Å²) >= 11 is 5.67. The lowest BCUT2D eigenvalue weighted by Gasteiger charge is -2.04.